The molecule has 0 radical (unpaired) electrons. The monoisotopic (exact) mass is 427 g/mol. The predicted molar refractivity (Wildman–Crippen MR) is 103 cm³/mol. The highest BCUT2D eigenvalue weighted by atomic mass is 35.5. The number of halogens is 4. The van der Waals surface area contributed by atoms with E-state index in [1.165, 1.54) is 0 Å². The Labute approximate surface area is 171 Å². The number of alkyl halides is 3. The number of nitrogens with one attached hydrogen (secondary N) is 1. The Bertz CT molecular complexity index is 893. The van der Waals surface area contributed by atoms with E-state index in [0.717, 1.165) is 10.2 Å². The second kappa shape index (κ2) is 7.53. The van der Waals surface area contributed by atoms with Crippen LogP contribution in [0.15, 0.2) is 30.3 Å². The summed E-state index contributed by atoms with van der Waals surface area (Å²) in [6, 6.07) is 6.43. The molecule has 10 heteroatoms. The van der Waals surface area contributed by atoms with Crippen molar-refractivity contribution >= 4 is 23.3 Å². The van der Waals surface area contributed by atoms with Gasteiger partial charge in [-0.05, 0) is 12.6 Å². The maximum Gasteiger partial charge on any atom is 0.410 e. The highest BCUT2D eigenvalue weighted by molar-refractivity contribution is 6.36. The van der Waals surface area contributed by atoms with Gasteiger partial charge in [-0.15, -0.1) is 0 Å². The second-order valence-electron chi connectivity index (χ2n) is 7.45. The zero-order valence-corrected chi connectivity index (χ0v) is 16.5. The highest BCUT2D eigenvalue weighted by Crippen LogP contribution is 2.46. The quantitative estimate of drug-likeness (QED) is 0.796. The van der Waals surface area contributed by atoms with Gasteiger partial charge in [0.25, 0.3) is 5.91 Å². The molecule has 2 unspecified atom stereocenters. The summed E-state index contributed by atoms with van der Waals surface area (Å²) in [7, 11) is 1.95. The van der Waals surface area contributed by atoms with Crippen LogP contribution in [0.3, 0.4) is 0 Å². The van der Waals surface area contributed by atoms with Crippen LogP contribution in [0, 0.1) is 0 Å². The Kier molecular flexibility index (Phi) is 5.20. The molecule has 1 aromatic heterocycles. The molecule has 1 aromatic carbocycles. The maximum atomic E-state index is 13.8. The minimum atomic E-state index is -4.52. The lowest BCUT2D eigenvalue weighted by molar-refractivity contribution is -0.173. The van der Waals surface area contributed by atoms with E-state index in [9.17, 15) is 18.0 Å². The number of amides is 1. The smallest absolute Gasteiger partial charge is 0.362 e. The number of likely N-dealkylation sites (N-methyl/N-ethyl adjacent to an activating group) is 1. The third kappa shape index (κ3) is 3.81. The molecule has 2 aliphatic rings. The van der Waals surface area contributed by atoms with E-state index < -0.39 is 24.2 Å². The van der Waals surface area contributed by atoms with Crippen LogP contribution in [0.5, 0.6) is 0 Å². The van der Waals surface area contributed by atoms with E-state index in [4.69, 9.17) is 11.6 Å². The van der Waals surface area contributed by atoms with Crippen LogP contribution < -0.4 is 5.32 Å². The molecule has 1 saturated heterocycles. The zero-order chi connectivity index (χ0) is 20.8. The second-order valence-corrected chi connectivity index (χ2v) is 7.83. The Balaban J connectivity index is 1.69. The number of nitrogens with zero attached hydrogens (tertiary/aromatic N) is 4. The molecule has 29 heavy (non-hydrogen) atoms. The number of piperazine rings is 1. The molecule has 156 valence electrons. The molecule has 6 nitrogen and oxygen atoms in total. The molecule has 2 aromatic rings. The minimum absolute atomic E-state index is 0.0339. The van der Waals surface area contributed by atoms with Crippen molar-refractivity contribution in [2.24, 2.45) is 0 Å². The topological polar surface area (TPSA) is 53.4 Å². The molecule has 0 saturated carbocycles. The van der Waals surface area contributed by atoms with Gasteiger partial charge >= 0.3 is 6.18 Å². The largest absolute Gasteiger partial charge is 0.410 e. The predicted octanol–water partition coefficient (Wildman–Crippen LogP) is 3.58. The van der Waals surface area contributed by atoms with Crippen LogP contribution in [0.4, 0.5) is 19.0 Å². The standard InChI is InChI=1S/C19H21ClF3N5O/c1-26-7-9-27(10-8-26)18(29)16-15(20)17-24-13(12-5-3-2-4-6-12)11-14(19(21,22)23)28(17)25-16/h2-6,13-14,24H,7-11H2,1H3. The Hall–Kier alpha value is -2.26. The molecule has 2 atom stereocenters. The first kappa shape index (κ1) is 20.0. The molecule has 1 N–H and O–H groups in total. The molecule has 0 aliphatic carbocycles. The summed E-state index contributed by atoms with van der Waals surface area (Å²) in [6.07, 6.45) is -4.76. The molecule has 1 fully saturated rings. The fourth-order valence-electron chi connectivity index (χ4n) is 3.79. The normalized spacial score (nSPS) is 22.9. The van der Waals surface area contributed by atoms with E-state index in [2.05, 4.69) is 15.3 Å². The number of anilines is 1. The van der Waals surface area contributed by atoms with Gasteiger partial charge in [0.2, 0.25) is 0 Å². The van der Waals surface area contributed by atoms with E-state index in [1.807, 2.05) is 7.05 Å². The summed E-state index contributed by atoms with van der Waals surface area (Å²) >= 11 is 6.38. The van der Waals surface area contributed by atoms with Crippen molar-refractivity contribution in [3.63, 3.8) is 0 Å². The summed E-state index contributed by atoms with van der Waals surface area (Å²) in [6.45, 7) is 2.35. The number of fused-ring (bicyclic) bond motifs is 1. The lowest BCUT2D eigenvalue weighted by atomic mass is 9.97. The van der Waals surface area contributed by atoms with Crippen molar-refractivity contribution < 1.29 is 18.0 Å². The van der Waals surface area contributed by atoms with Gasteiger partial charge in [0.05, 0.1) is 6.04 Å². The highest BCUT2D eigenvalue weighted by Gasteiger charge is 2.48. The van der Waals surface area contributed by atoms with Gasteiger partial charge in [0.1, 0.15) is 10.8 Å². The Morgan fingerprint density at radius 2 is 1.83 bits per heavy atom. The first-order chi connectivity index (χ1) is 13.8. The average Bonchev–Trinajstić information content (AvgIpc) is 3.04. The van der Waals surface area contributed by atoms with E-state index in [-0.39, 0.29) is 23.0 Å². The summed E-state index contributed by atoms with van der Waals surface area (Å²) in [4.78, 5) is 16.6. The minimum Gasteiger partial charge on any atom is -0.362 e. The molecule has 0 spiro atoms. The Morgan fingerprint density at radius 3 is 2.45 bits per heavy atom. The fraction of sp³-hybridized carbons (Fsp3) is 0.474. The van der Waals surface area contributed by atoms with Crippen molar-refractivity contribution in [3.05, 3.63) is 46.6 Å². The molecular weight excluding hydrogens is 407 g/mol. The number of benzene rings is 1. The maximum absolute atomic E-state index is 13.8. The number of hydrogen-bond donors (Lipinski definition) is 1. The van der Waals surface area contributed by atoms with Crippen LogP contribution in [0.1, 0.15) is 34.6 Å². The lowest BCUT2D eigenvalue weighted by Gasteiger charge is -2.33. The van der Waals surface area contributed by atoms with E-state index >= 15 is 0 Å². The van der Waals surface area contributed by atoms with Crippen LogP contribution in [-0.4, -0.2) is 64.9 Å². The van der Waals surface area contributed by atoms with Crippen LogP contribution >= 0.6 is 11.6 Å². The van der Waals surface area contributed by atoms with Crippen molar-refractivity contribution in [2.75, 3.05) is 38.5 Å². The first-order valence-corrected chi connectivity index (χ1v) is 9.77. The van der Waals surface area contributed by atoms with Gasteiger partial charge in [-0.1, -0.05) is 41.9 Å². The van der Waals surface area contributed by atoms with Gasteiger partial charge in [-0.25, -0.2) is 4.68 Å². The van der Waals surface area contributed by atoms with Gasteiger partial charge in [0.15, 0.2) is 11.7 Å². The van der Waals surface area contributed by atoms with Crippen molar-refractivity contribution in [3.8, 4) is 0 Å². The number of carbonyl (C=O) groups excluding carboxylic acids is 1. The third-order valence-corrected chi connectivity index (χ3v) is 5.85. The molecule has 4 rings (SSSR count). The van der Waals surface area contributed by atoms with Gasteiger partial charge < -0.3 is 15.1 Å². The van der Waals surface area contributed by atoms with Crippen molar-refractivity contribution in [2.45, 2.75) is 24.7 Å². The van der Waals surface area contributed by atoms with Gasteiger partial charge in [-0.2, -0.15) is 18.3 Å². The summed E-state index contributed by atoms with van der Waals surface area (Å²) < 4.78 is 42.3. The van der Waals surface area contributed by atoms with E-state index in [1.54, 1.807) is 35.2 Å². The SMILES string of the molecule is CN1CCN(C(=O)c2nn3c(c2Cl)NC(c2ccccc2)CC3C(F)(F)F)CC1. The van der Waals surface area contributed by atoms with Crippen LogP contribution in [-0.2, 0) is 0 Å². The summed E-state index contributed by atoms with van der Waals surface area (Å²) in [5, 5.41) is 7.01. The van der Waals surface area contributed by atoms with E-state index in [0.29, 0.717) is 26.2 Å². The first-order valence-electron chi connectivity index (χ1n) is 9.39. The van der Waals surface area contributed by atoms with Crippen molar-refractivity contribution in [1.82, 2.24) is 19.6 Å². The molecule has 3 heterocycles. The fourth-order valence-corrected chi connectivity index (χ4v) is 4.05. The number of aromatic nitrogens is 2. The number of hydrogen-bond acceptors (Lipinski definition) is 4. The number of carbonyl (C=O) groups is 1. The third-order valence-electron chi connectivity index (χ3n) is 5.49. The molecular formula is C19H21ClF3N5O. The lowest BCUT2D eigenvalue weighted by Crippen LogP contribution is -2.47. The van der Waals surface area contributed by atoms with Crippen LogP contribution in [0.25, 0.3) is 0 Å². The summed E-state index contributed by atoms with van der Waals surface area (Å²) in [5.74, 6) is -0.407. The molecule has 0 bridgehead atoms. The molecule has 2 aliphatic heterocycles. The summed E-state index contributed by atoms with van der Waals surface area (Å²) in [5.41, 5.74) is 0.582. The van der Waals surface area contributed by atoms with Gasteiger partial charge in [0, 0.05) is 32.6 Å². The Morgan fingerprint density at radius 1 is 1.17 bits per heavy atom. The number of rotatable bonds is 2. The van der Waals surface area contributed by atoms with Crippen LogP contribution in [0.2, 0.25) is 5.02 Å². The molecule has 1 amide bonds. The average molecular weight is 428 g/mol. The zero-order valence-electron chi connectivity index (χ0n) is 15.8. The van der Waals surface area contributed by atoms with Gasteiger partial charge in [-0.3, -0.25) is 4.79 Å². The van der Waals surface area contributed by atoms with Crippen molar-refractivity contribution in [1.29, 1.82) is 0 Å².